The van der Waals surface area contributed by atoms with Gasteiger partial charge in [0.1, 0.15) is 12.4 Å². The maximum Gasteiger partial charge on any atom is 0.331 e. The molecular formula is C24H20ClNO4. The topological polar surface area (TPSA) is 64.6 Å². The Morgan fingerprint density at radius 3 is 2.33 bits per heavy atom. The molecule has 0 fully saturated rings. The molecule has 0 aliphatic heterocycles. The third kappa shape index (κ3) is 6.79. The van der Waals surface area contributed by atoms with Gasteiger partial charge in [0, 0.05) is 22.3 Å². The molecule has 0 saturated heterocycles. The van der Waals surface area contributed by atoms with Crippen molar-refractivity contribution >= 4 is 35.2 Å². The summed E-state index contributed by atoms with van der Waals surface area (Å²) in [5.41, 5.74) is 2.35. The average Bonchev–Trinajstić information content (AvgIpc) is 2.77. The molecule has 152 valence electrons. The number of rotatable bonds is 8. The van der Waals surface area contributed by atoms with E-state index in [0.29, 0.717) is 23.1 Å². The summed E-state index contributed by atoms with van der Waals surface area (Å²) in [6.07, 6.45) is 2.88. The summed E-state index contributed by atoms with van der Waals surface area (Å²) in [6, 6.07) is 23.7. The molecule has 0 aliphatic rings. The van der Waals surface area contributed by atoms with Crippen LogP contribution in [0, 0.1) is 0 Å². The van der Waals surface area contributed by atoms with E-state index in [1.807, 2.05) is 42.5 Å². The lowest BCUT2D eigenvalue weighted by Crippen LogP contribution is -2.20. The number of ether oxygens (including phenoxy) is 2. The van der Waals surface area contributed by atoms with Crippen LogP contribution in [0.5, 0.6) is 5.75 Å². The summed E-state index contributed by atoms with van der Waals surface area (Å²) < 4.78 is 10.7. The minimum atomic E-state index is -0.600. The van der Waals surface area contributed by atoms with Crippen LogP contribution in [0.25, 0.3) is 6.08 Å². The zero-order chi connectivity index (χ0) is 21.2. The number of benzene rings is 3. The van der Waals surface area contributed by atoms with Crippen LogP contribution in [0.3, 0.4) is 0 Å². The van der Waals surface area contributed by atoms with Crippen molar-refractivity contribution in [1.29, 1.82) is 0 Å². The highest BCUT2D eigenvalue weighted by atomic mass is 35.5. The molecule has 1 amide bonds. The van der Waals surface area contributed by atoms with Crippen molar-refractivity contribution in [2.75, 3.05) is 11.9 Å². The molecule has 1 N–H and O–H groups in total. The maximum atomic E-state index is 11.8. The quantitative estimate of drug-likeness (QED) is 0.405. The normalized spacial score (nSPS) is 10.6. The Bertz CT molecular complexity index is 1020. The van der Waals surface area contributed by atoms with Crippen molar-refractivity contribution in [3.63, 3.8) is 0 Å². The molecule has 3 aromatic rings. The fourth-order valence-corrected chi connectivity index (χ4v) is 2.71. The Morgan fingerprint density at radius 1 is 0.900 bits per heavy atom. The minimum absolute atomic E-state index is 0.354. The molecule has 3 rings (SSSR count). The number of esters is 1. The van der Waals surface area contributed by atoms with Gasteiger partial charge in [0.15, 0.2) is 6.61 Å². The van der Waals surface area contributed by atoms with Crippen LogP contribution in [0.1, 0.15) is 11.1 Å². The molecule has 0 atom stereocenters. The Kier molecular flexibility index (Phi) is 7.64. The van der Waals surface area contributed by atoms with E-state index in [9.17, 15) is 9.59 Å². The molecule has 0 spiro atoms. The van der Waals surface area contributed by atoms with Crippen molar-refractivity contribution in [3.8, 4) is 5.75 Å². The minimum Gasteiger partial charge on any atom is -0.489 e. The Balaban J connectivity index is 1.43. The van der Waals surface area contributed by atoms with Crippen molar-refractivity contribution in [2.45, 2.75) is 6.61 Å². The molecule has 0 radical (unpaired) electrons. The zero-order valence-corrected chi connectivity index (χ0v) is 16.8. The van der Waals surface area contributed by atoms with Gasteiger partial charge in [-0.3, -0.25) is 4.79 Å². The van der Waals surface area contributed by atoms with Crippen LogP contribution >= 0.6 is 11.6 Å². The van der Waals surface area contributed by atoms with Gasteiger partial charge in [-0.15, -0.1) is 0 Å². The van der Waals surface area contributed by atoms with Crippen LogP contribution in [-0.2, 0) is 20.9 Å². The molecule has 0 aliphatic carbocycles. The summed E-state index contributed by atoms with van der Waals surface area (Å²) in [7, 11) is 0. The maximum absolute atomic E-state index is 11.8. The highest BCUT2D eigenvalue weighted by Crippen LogP contribution is 2.19. The molecule has 30 heavy (non-hydrogen) atoms. The number of anilines is 1. The monoisotopic (exact) mass is 421 g/mol. The first kappa shape index (κ1) is 21.1. The first-order valence-corrected chi connectivity index (χ1v) is 9.64. The van der Waals surface area contributed by atoms with Crippen molar-refractivity contribution in [2.24, 2.45) is 0 Å². The number of para-hydroxylation sites is 1. The fourth-order valence-electron chi connectivity index (χ4n) is 2.52. The second-order valence-corrected chi connectivity index (χ2v) is 6.71. The smallest absolute Gasteiger partial charge is 0.331 e. The molecule has 0 heterocycles. The third-order valence-corrected chi connectivity index (χ3v) is 4.42. The van der Waals surface area contributed by atoms with Gasteiger partial charge in [0.25, 0.3) is 5.91 Å². The molecule has 3 aromatic carbocycles. The summed E-state index contributed by atoms with van der Waals surface area (Å²) in [5.74, 6) is -0.313. The van der Waals surface area contributed by atoms with Crippen molar-refractivity contribution in [3.05, 3.63) is 101 Å². The van der Waals surface area contributed by atoms with E-state index in [1.165, 1.54) is 6.08 Å². The predicted molar refractivity (Wildman–Crippen MR) is 117 cm³/mol. The Morgan fingerprint density at radius 2 is 1.60 bits per heavy atom. The molecule has 0 unspecified atom stereocenters. The Labute approximate surface area is 179 Å². The fraction of sp³-hybridized carbons (Fsp3) is 0.0833. The van der Waals surface area contributed by atoms with Gasteiger partial charge >= 0.3 is 5.97 Å². The zero-order valence-electron chi connectivity index (χ0n) is 16.1. The van der Waals surface area contributed by atoms with Crippen molar-refractivity contribution < 1.29 is 19.1 Å². The predicted octanol–water partition coefficient (Wildman–Crippen LogP) is 5.11. The lowest BCUT2D eigenvalue weighted by atomic mass is 10.2. The van der Waals surface area contributed by atoms with Crippen LogP contribution in [0.15, 0.2) is 84.9 Å². The number of amides is 1. The van der Waals surface area contributed by atoms with Crippen molar-refractivity contribution in [1.82, 2.24) is 0 Å². The summed E-state index contributed by atoms with van der Waals surface area (Å²) in [4.78, 5) is 23.6. The number of carbonyl (C=O) groups excluding carboxylic acids is 2. The van der Waals surface area contributed by atoms with E-state index in [-0.39, 0.29) is 6.61 Å². The summed E-state index contributed by atoms with van der Waals surface area (Å²) >= 11 is 6.11. The molecular weight excluding hydrogens is 402 g/mol. The van der Waals surface area contributed by atoms with E-state index in [0.717, 1.165) is 11.1 Å². The third-order valence-electron chi connectivity index (χ3n) is 4.05. The number of nitrogens with one attached hydrogen (secondary N) is 1. The molecule has 5 nitrogen and oxygen atoms in total. The second-order valence-electron chi connectivity index (χ2n) is 6.30. The number of carbonyl (C=O) groups is 2. The molecule has 6 heteroatoms. The Hall–Kier alpha value is -3.57. The van der Waals surface area contributed by atoms with Gasteiger partial charge in [0.05, 0.1) is 0 Å². The molecule has 0 aromatic heterocycles. The largest absolute Gasteiger partial charge is 0.489 e. The number of halogens is 1. The lowest BCUT2D eigenvalue weighted by molar-refractivity contribution is -0.142. The summed E-state index contributed by atoms with van der Waals surface area (Å²) in [5, 5.41) is 3.30. The van der Waals surface area contributed by atoms with Gasteiger partial charge in [-0.05, 0) is 42.0 Å². The van der Waals surface area contributed by atoms with E-state index >= 15 is 0 Å². The number of hydrogen-bond acceptors (Lipinski definition) is 4. The number of hydrogen-bond donors (Lipinski definition) is 1. The first-order valence-electron chi connectivity index (χ1n) is 9.26. The van der Waals surface area contributed by atoms with Gasteiger partial charge < -0.3 is 14.8 Å². The van der Waals surface area contributed by atoms with E-state index < -0.39 is 11.9 Å². The highest BCUT2D eigenvalue weighted by Gasteiger charge is 2.05. The van der Waals surface area contributed by atoms with Crippen LogP contribution < -0.4 is 10.1 Å². The second kappa shape index (κ2) is 10.8. The van der Waals surface area contributed by atoms with Gasteiger partial charge in [-0.2, -0.15) is 0 Å². The molecule has 0 saturated carbocycles. The van der Waals surface area contributed by atoms with E-state index in [1.54, 1.807) is 42.5 Å². The van der Waals surface area contributed by atoms with Crippen LogP contribution in [-0.4, -0.2) is 18.5 Å². The lowest BCUT2D eigenvalue weighted by Gasteiger charge is -2.08. The van der Waals surface area contributed by atoms with E-state index in [2.05, 4.69) is 5.32 Å². The van der Waals surface area contributed by atoms with Gasteiger partial charge in [0.2, 0.25) is 0 Å². The highest BCUT2D eigenvalue weighted by molar-refractivity contribution is 6.31. The first-order chi connectivity index (χ1) is 14.6. The standard InChI is InChI=1S/C24H20ClNO4/c25-22-9-5-4-6-19(22)16-29-21-13-10-18(11-14-21)12-15-24(28)30-17-23(27)26-20-7-2-1-3-8-20/h1-15H,16-17H2,(H,26,27). The van der Waals surface area contributed by atoms with Gasteiger partial charge in [-0.25, -0.2) is 4.79 Å². The van der Waals surface area contributed by atoms with E-state index in [4.69, 9.17) is 21.1 Å². The van der Waals surface area contributed by atoms with Crippen LogP contribution in [0.2, 0.25) is 5.02 Å². The average molecular weight is 422 g/mol. The SMILES string of the molecule is O=C(COC(=O)C=Cc1ccc(OCc2ccccc2Cl)cc1)Nc1ccccc1. The molecule has 0 bridgehead atoms. The van der Waals surface area contributed by atoms with Gasteiger partial charge in [-0.1, -0.05) is 60.1 Å². The summed E-state index contributed by atoms with van der Waals surface area (Å²) in [6.45, 7) is 0.0130. The van der Waals surface area contributed by atoms with Crippen LogP contribution in [0.4, 0.5) is 5.69 Å².